The molecule has 52 heavy (non-hydrogen) atoms. The fourth-order valence-electron chi connectivity index (χ4n) is 8.77. The summed E-state index contributed by atoms with van der Waals surface area (Å²) in [4.78, 5) is 45.5. The zero-order chi connectivity index (χ0) is 35.9. The lowest BCUT2D eigenvalue weighted by atomic mass is 9.83. The Morgan fingerprint density at radius 3 is 2.02 bits per heavy atom. The molecule has 0 bridgehead atoms. The van der Waals surface area contributed by atoms with Crippen LogP contribution >= 0.6 is 0 Å². The number of nitrogens with one attached hydrogen (secondary N) is 4. The number of amides is 2. The van der Waals surface area contributed by atoms with Crippen LogP contribution in [-0.2, 0) is 14.3 Å². The minimum absolute atomic E-state index is 0.0126. The van der Waals surface area contributed by atoms with Gasteiger partial charge in [-0.15, -0.1) is 0 Å². The van der Waals surface area contributed by atoms with Crippen LogP contribution in [0.4, 0.5) is 4.79 Å². The third kappa shape index (κ3) is 7.13. The number of alkyl carbamates (subject to hydrolysis) is 1. The number of methoxy groups -OCH3 is 1. The highest BCUT2D eigenvalue weighted by Gasteiger charge is 2.46. The lowest BCUT2D eigenvalue weighted by molar-refractivity contribution is -0.141. The first-order valence-corrected chi connectivity index (χ1v) is 19.1. The number of ether oxygens (including phenoxy) is 2. The van der Waals surface area contributed by atoms with Crippen molar-refractivity contribution in [2.24, 2.45) is 11.8 Å². The van der Waals surface area contributed by atoms with Crippen molar-refractivity contribution in [1.82, 2.24) is 35.5 Å². The molecule has 1 saturated carbocycles. The van der Waals surface area contributed by atoms with Crippen molar-refractivity contribution in [2.45, 2.75) is 115 Å². The molecule has 2 amide bonds. The number of aromatic nitrogens is 4. The summed E-state index contributed by atoms with van der Waals surface area (Å²) in [5.41, 5.74) is 6.33. The molecule has 0 spiro atoms. The zero-order valence-electron chi connectivity index (χ0n) is 30.6. The lowest BCUT2D eigenvalue weighted by Gasteiger charge is -2.40. The average Bonchev–Trinajstić information content (AvgIpc) is 3.50. The van der Waals surface area contributed by atoms with Gasteiger partial charge in [0.1, 0.15) is 17.7 Å². The summed E-state index contributed by atoms with van der Waals surface area (Å²) in [7, 11) is 1.34. The van der Waals surface area contributed by atoms with Gasteiger partial charge in [0.15, 0.2) is 0 Å². The molecule has 4 N–H and O–H groups in total. The van der Waals surface area contributed by atoms with Gasteiger partial charge in [-0.3, -0.25) is 4.79 Å². The molecule has 4 aromatic rings. The van der Waals surface area contributed by atoms with Gasteiger partial charge in [0.25, 0.3) is 0 Å². The molecule has 4 fully saturated rings. The first kappa shape index (κ1) is 34.6. The van der Waals surface area contributed by atoms with Crippen LogP contribution in [0.2, 0.25) is 0 Å². The number of carbonyl (C=O) groups excluding carboxylic acids is 2. The molecule has 3 aliphatic heterocycles. The Morgan fingerprint density at radius 1 is 0.808 bits per heavy atom. The first-order chi connectivity index (χ1) is 25.2. The molecule has 1 aliphatic carbocycles. The molecule has 5 heterocycles. The molecule has 2 aromatic carbocycles. The summed E-state index contributed by atoms with van der Waals surface area (Å²) in [6.45, 7) is 6.38. The number of carbonyl (C=O) groups is 2. The molecule has 4 aliphatic rings. The maximum atomic E-state index is 14.5. The monoisotopic (exact) mass is 705 g/mol. The van der Waals surface area contributed by atoms with E-state index in [0.29, 0.717) is 24.4 Å². The number of H-pyrrole nitrogens is 2. The Morgan fingerprint density at radius 2 is 1.42 bits per heavy atom. The van der Waals surface area contributed by atoms with Crippen molar-refractivity contribution >= 4 is 12.0 Å². The van der Waals surface area contributed by atoms with E-state index in [1.165, 1.54) is 26.4 Å². The van der Waals surface area contributed by atoms with E-state index >= 15 is 0 Å². The van der Waals surface area contributed by atoms with Crippen molar-refractivity contribution in [3.8, 4) is 33.6 Å². The van der Waals surface area contributed by atoms with E-state index < -0.39 is 12.1 Å². The molecule has 8 rings (SSSR count). The van der Waals surface area contributed by atoms with Crippen LogP contribution in [0.1, 0.15) is 95.9 Å². The standard InChI is InChI=1S/C41H51N7O4/c1-23-5-17-32(44-23)38-42-21-33(45-38)28-11-7-26(8-12-28)27-9-13-29(14-10-27)34-22-43-39(46-34)35-18-6-24(2)48(35)40(49)37(47-41(50)51-4)31-19-25(3)52-36(20-31)30-15-16-30/h7-14,21-25,30-32,35-37,44H,5-6,15-20H2,1-4H3,(H,42,45)(H,43,46)(H,47,50). The maximum Gasteiger partial charge on any atom is 0.407 e. The number of rotatable bonds is 9. The molecule has 8 atom stereocenters. The minimum Gasteiger partial charge on any atom is -0.453 e. The highest BCUT2D eigenvalue weighted by molar-refractivity contribution is 5.87. The van der Waals surface area contributed by atoms with Crippen molar-refractivity contribution in [2.75, 3.05) is 7.11 Å². The third-order valence-corrected chi connectivity index (χ3v) is 11.8. The number of likely N-dealkylation sites (tertiary alicyclic amines) is 1. The van der Waals surface area contributed by atoms with Gasteiger partial charge >= 0.3 is 6.09 Å². The van der Waals surface area contributed by atoms with Crippen LogP contribution < -0.4 is 10.6 Å². The van der Waals surface area contributed by atoms with Crippen LogP contribution in [0.5, 0.6) is 0 Å². The Balaban J connectivity index is 0.957. The lowest BCUT2D eigenvalue weighted by Crippen LogP contribution is -2.55. The second kappa shape index (κ2) is 14.5. The van der Waals surface area contributed by atoms with E-state index in [4.69, 9.17) is 14.5 Å². The van der Waals surface area contributed by atoms with Crippen LogP contribution in [0.3, 0.4) is 0 Å². The number of imidazole rings is 2. The second-order valence-electron chi connectivity index (χ2n) is 15.6. The van der Waals surface area contributed by atoms with E-state index in [9.17, 15) is 9.59 Å². The number of hydrogen-bond donors (Lipinski definition) is 4. The van der Waals surface area contributed by atoms with Gasteiger partial charge in [-0.05, 0) is 106 Å². The van der Waals surface area contributed by atoms with Gasteiger partial charge < -0.3 is 35.0 Å². The van der Waals surface area contributed by atoms with E-state index in [0.717, 1.165) is 71.0 Å². The Bertz CT molecular complexity index is 1870. The molecule has 2 aromatic heterocycles. The van der Waals surface area contributed by atoms with Gasteiger partial charge in [-0.25, -0.2) is 14.8 Å². The molecule has 0 radical (unpaired) electrons. The molecule has 11 nitrogen and oxygen atoms in total. The average molecular weight is 706 g/mol. The summed E-state index contributed by atoms with van der Waals surface area (Å²) in [6, 6.07) is 17.0. The minimum atomic E-state index is -0.686. The third-order valence-electron chi connectivity index (χ3n) is 11.8. The normalized spacial score (nSPS) is 28.2. The first-order valence-electron chi connectivity index (χ1n) is 19.1. The highest BCUT2D eigenvalue weighted by atomic mass is 16.5. The Hall–Kier alpha value is -4.48. The Labute approximate surface area is 305 Å². The van der Waals surface area contributed by atoms with Crippen LogP contribution in [0.15, 0.2) is 60.9 Å². The van der Waals surface area contributed by atoms with Crippen molar-refractivity contribution in [3.05, 3.63) is 72.6 Å². The van der Waals surface area contributed by atoms with Gasteiger partial charge in [-0.2, -0.15) is 0 Å². The second-order valence-corrected chi connectivity index (χ2v) is 15.6. The smallest absolute Gasteiger partial charge is 0.407 e. The van der Waals surface area contributed by atoms with Crippen LogP contribution in [0.25, 0.3) is 33.6 Å². The number of aromatic amines is 2. The fourth-order valence-corrected chi connectivity index (χ4v) is 8.77. The number of nitrogens with zero attached hydrogens (tertiary/aromatic N) is 3. The van der Waals surface area contributed by atoms with Gasteiger partial charge in [-0.1, -0.05) is 48.5 Å². The van der Waals surface area contributed by atoms with Crippen molar-refractivity contribution < 1.29 is 19.1 Å². The van der Waals surface area contributed by atoms with Gasteiger partial charge in [0.05, 0.1) is 55.2 Å². The zero-order valence-corrected chi connectivity index (χ0v) is 30.6. The molecule has 3 saturated heterocycles. The van der Waals surface area contributed by atoms with Crippen molar-refractivity contribution in [1.29, 1.82) is 0 Å². The van der Waals surface area contributed by atoms with E-state index in [1.54, 1.807) is 0 Å². The Kier molecular flexibility index (Phi) is 9.65. The van der Waals surface area contributed by atoms with E-state index in [1.807, 2.05) is 17.3 Å². The van der Waals surface area contributed by atoms with E-state index in [-0.39, 0.29) is 36.1 Å². The summed E-state index contributed by atoms with van der Waals surface area (Å²) >= 11 is 0. The SMILES string of the molecule is COC(=O)NC(C(=O)N1C(C)CCC1c1ncc(-c2ccc(-c3ccc(-c4cnc(C5CCC(C)N5)[nH]4)cc3)cc2)[nH]1)C1CC(C)OC(C2CC2)C1. The van der Waals surface area contributed by atoms with Crippen LogP contribution in [-0.4, -0.2) is 74.3 Å². The fraction of sp³-hybridized carbons (Fsp3) is 0.512. The molecule has 11 heteroatoms. The molecular weight excluding hydrogens is 654 g/mol. The topological polar surface area (TPSA) is 137 Å². The summed E-state index contributed by atoms with van der Waals surface area (Å²) < 4.78 is 11.3. The number of benzene rings is 2. The number of hydrogen-bond acceptors (Lipinski definition) is 7. The summed E-state index contributed by atoms with van der Waals surface area (Å²) in [5.74, 6) is 2.22. The summed E-state index contributed by atoms with van der Waals surface area (Å²) in [5, 5.41) is 6.53. The van der Waals surface area contributed by atoms with Gasteiger partial charge in [0, 0.05) is 12.1 Å². The van der Waals surface area contributed by atoms with Gasteiger partial charge in [0.2, 0.25) is 5.91 Å². The largest absolute Gasteiger partial charge is 0.453 e. The molecule has 8 unspecified atom stereocenters. The quantitative estimate of drug-likeness (QED) is 0.143. The summed E-state index contributed by atoms with van der Waals surface area (Å²) in [6.07, 6.45) is 11.1. The predicted octanol–water partition coefficient (Wildman–Crippen LogP) is 7.32. The molecule has 274 valence electrons. The highest BCUT2D eigenvalue weighted by Crippen LogP contribution is 2.43. The predicted molar refractivity (Wildman–Crippen MR) is 199 cm³/mol. The van der Waals surface area contributed by atoms with Crippen LogP contribution in [0, 0.1) is 11.8 Å². The van der Waals surface area contributed by atoms with E-state index in [2.05, 4.69) is 94.9 Å². The van der Waals surface area contributed by atoms with Crippen molar-refractivity contribution in [3.63, 3.8) is 0 Å². The maximum absolute atomic E-state index is 14.5. The molecular formula is C41H51N7O4.